The van der Waals surface area contributed by atoms with Crippen LogP contribution in [-0.2, 0) is 6.42 Å². The largest absolute Gasteiger partial charge is 0.459 e. The zero-order chi connectivity index (χ0) is 17.9. The van der Waals surface area contributed by atoms with Crippen LogP contribution in [0.5, 0.6) is 0 Å². The smallest absolute Gasteiger partial charge is 0.289 e. The van der Waals surface area contributed by atoms with Crippen molar-refractivity contribution in [2.45, 2.75) is 19.3 Å². The molecule has 6 heteroatoms. The third kappa shape index (κ3) is 3.19. The topological polar surface area (TPSA) is 65.8 Å². The molecule has 0 bridgehead atoms. The van der Waals surface area contributed by atoms with Gasteiger partial charge in [0.2, 0.25) is 0 Å². The fourth-order valence-corrected chi connectivity index (χ4v) is 3.74. The summed E-state index contributed by atoms with van der Waals surface area (Å²) in [5.74, 6) is 0.290. The third-order valence-electron chi connectivity index (χ3n) is 5.11. The number of aryl methyl sites for hydroxylation is 1. The monoisotopic (exact) mass is 353 g/mol. The lowest BCUT2D eigenvalue weighted by Gasteiger charge is -2.25. The summed E-state index contributed by atoms with van der Waals surface area (Å²) < 4.78 is 5.22. The van der Waals surface area contributed by atoms with Crippen LogP contribution in [0, 0.1) is 0 Å². The summed E-state index contributed by atoms with van der Waals surface area (Å²) in [5, 5.41) is 3.39. The fraction of sp³-hybridized carbons (Fsp3) is 0.400. The molecule has 2 aliphatic heterocycles. The van der Waals surface area contributed by atoms with Crippen LogP contribution in [0.25, 0.3) is 0 Å². The molecule has 2 aromatic rings. The van der Waals surface area contributed by atoms with Gasteiger partial charge in [-0.05, 0) is 43.0 Å². The van der Waals surface area contributed by atoms with Crippen LogP contribution in [0.3, 0.4) is 0 Å². The molecule has 136 valence electrons. The maximum atomic E-state index is 13.1. The van der Waals surface area contributed by atoms with Gasteiger partial charge in [0.25, 0.3) is 11.8 Å². The molecule has 0 unspecified atom stereocenters. The van der Waals surface area contributed by atoms with Gasteiger partial charge in [0.1, 0.15) is 0 Å². The maximum Gasteiger partial charge on any atom is 0.289 e. The molecule has 4 rings (SSSR count). The predicted octanol–water partition coefficient (Wildman–Crippen LogP) is 2.63. The highest BCUT2D eigenvalue weighted by atomic mass is 16.3. The molecule has 3 heterocycles. The number of carbonyl (C=O) groups excluding carboxylic acids is 2. The first-order valence-corrected chi connectivity index (χ1v) is 9.22. The van der Waals surface area contributed by atoms with Crippen molar-refractivity contribution in [1.82, 2.24) is 9.80 Å². The average molecular weight is 353 g/mol. The van der Waals surface area contributed by atoms with E-state index in [4.69, 9.17) is 4.42 Å². The lowest BCUT2D eigenvalue weighted by molar-refractivity contribution is 0.0700. The van der Waals surface area contributed by atoms with Gasteiger partial charge in [0, 0.05) is 32.7 Å². The molecule has 1 saturated heterocycles. The van der Waals surface area contributed by atoms with E-state index >= 15 is 0 Å². The molecule has 0 radical (unpaired) electrons. The molecular weight excluding hydrogens is 330 g/mol. The van der Waals surface area contributed by atoms with Crippen molar-refractivity contribution in [2.75, 3.05) is 38.0 Å². The van der Waals surface area contributed by atoms with E-state index in [1.165, 1.54) is 11.8 Å². The molecule has 0 saturated carbocycles. The lowest BCUT2D eigenvalue weighted by Crippen LogP contribution is -2.37. The van der Waals surface area contributed by atoms with Crippen LogP contribution in [0.4, 0.5) is 5.69 Å². The minimum atomic E-state index is -0.108. The zero-order valence-electron chi connectivity index (χ0n) is 14.7. The summed E-state index contributed by atoms with van der Waals surface area (Å²) in [7, 11) is 0. The maximum absolute atomic E-state index is 13.1. The number of rotatable bonds is 2. The van der Waals surface area contributed by atoms with Gasteiger partial charge in [0.15, 0.2) is 5.76 Å². The van der Waals surface area contributed by atoms with E-state index < -0.39 is 0 Å². The number of fused-ring (bicyclic) bond motifs is 1. The molecule has 2 amide bonds. The molecule has 2 aliphatic rings. The molecule has 0 atom stereocenters. The van der Waals surface area contributed by atoms with E-state index in [2.05, 4.69) is 11.4 Å². The number of anilines is 1. The standard InChI is InChI=1S/C20H23N3O3/c24-19(16-7-1-5-15-6-2-9-21-18(15)16)22-10-4-11-23(13-12-22)20(25)17-8-3-14-26-17/h1,3,5,7-8,14,21H,2,4,6,9-13H2. The Morgan fingerprint density at radius 1 is 0.923 bits per heavy atom. The fourth-order valence-electron chi connectivity index (χ4n) is 3.74. The summed E-state index contributed by atoms with van der Waals surface area (Å²) in [6.07, 6.45) is 4.38. The molecule has 1 aromatic heterocycles. The van der Waals surface area contributed by atoms with E-state index in [9.17, 15) is 9.59 Å². The first kappa shape index (κ1) is 16.7. The number of nitrogens with zero attached hydrogens (tertiary/aromatic N) is 2. The first-order valence-electron chi connectivity index (χ1n) is 9.22. The first-order chi connectivity index (χ1) is 12.7. The van der Waals surface area contributed by atoms with Crippen LogP contribution < -0.4 is 5.32 Å². The Labute approximate surface area is 152 Å². The van der Waals surface area contributed by atoms with Gasteiger partial charge in [-0.15, -0.1) is 0 Å². The Morgan fingerprint density at radius 2 is 1.73 bits per heavy atom. The number of hydrogen-bond acceptors (Lipinski definition) is 4. The number of benzene rings is 1. The van der Waals surface area contributed by atoms with Crippen LogP contribution in [0.1, 0.15) is 39.3 Å². The second-order valence-electron chi connectivity index (χ2n) is 6.79. The number of para-hydroxylation sites is 1. The van der Waals surface area contributed by atoms with Crippen LogP contribution in [-0.4, -0.2) is 54.3 Å². The normalized spacial score (nSPS) is 17.2. The van der Waals surface area contributed by atoms with Crippen molar-refractivity contribution < 1.29 is 14.0 Å². The average Bonchev–Trinajstić information content (AvgIpc) is 3.11. The molecule has 1 aromatic carbocycles. The highest BCUT2D eigenvalue weighted by Crippen LogP contribution is 2.27. The van der Waals surface area contributed by atoms with Gasteiger partial charge < -0.3 is 19.5 Å². The Balaban J connectivity index is 1.48. The Kier molecular flexibility index (Phi) is 4.65. The van der Waals surface area contributed by atoms with E-state index in [0.717, 1.165) is 37.1 Å². The van der Waals surface area contributed by atoms with Gasteiger partial charge in [-0.1, -0.05) is 12.1 Å². The Hall–Kier alpha value is -2.76. The van der Waals surface area contributed by atoms with Crippen molar-refractivity contribution >= 4 is 17.5 Å². The van der Waals surface area contributed by atoms with Crippen molar-refractivity contribution in [1.29, 1.82) is 0 Å². The molecule has 6 nitrogen and oxygen atoms in total. The van der Waals surface area contributed by atoms with Crippen molar-refractivity contribution in [3.63, 3.8) is 0 Å². The number of carbonyl (C=O) groups is 2. The van der Waals surface area contributed by atoms with E-state index in [1.807, 2.05) is 17.0 Å². The summed E-state index contributed by atoms with van der Waals surface area (Å²) in [6, 6.07) is 9.34. The molecule has 0 spiro atoms. The second kappa shape index (κ2) is 7.23. The van der Waals surface area contributed by atoms with Gasteiger partial charge in [-0.2, -0.15) is 0 Å². The highest BCUT2D eigenvalue weighted by molar-refractivity contribution is 6.00. The van der Waals surface area contributed by atoms with Crippen LogP contribution in [0.15, 0.2) is 41.0 Å². The highest BCUT2D eigenvalue weighted by Gasteiger charge is 2.26. The van der Waals surface area contributed by atoms with E-state index in [-0.39, 0.29) is 11.8 Å². The van der Waals surface area contributed by atoms with Gasteiger partial charge >= 0.3 is 0 Å². The summed E-state index contributed by atoms with van der Waals surface area (Å²) in [6.45, 7) is 3.25. The van der Waals surface area contributed by atoms with Gasteiger partial charge in [-0.25, -0.2) is 0 Å². The minimum Gasteiger partial charge on any atom is -0.459 e. The lowest BCUT2D eigenvalue weighted by atomic mass is 9.98. The third-order valence-corrected chi connectivity index (χ3v) is 5.11. The predicted molar refractivity (Wildman–Crippen MR) is 98.4 cm³/mol. The SMILES string of the molecule is O=C(c1ccco1)N1CCCN(C(=O)c2cccc3c2NCCC3)CC1. The number of furan rings is 1. The van der Waals surface area contributed by atoms with Crippen molar-refractivity contribution in [2.24, 2.45) is 0 Å². The quantitative estimate of drug-likeness (QED) is 0.901. The summed E-state index contributed by atoms with van der Waals surface area (Å²) >= 11 is 0. The van der Waals surface area contributed by atoms with E-state index in [1.54, 1.807) is 17.0 Å². The number of hydrogen-bond donors (Lipinski definition) is 1. The van der Waals surface area contributed by atoms with Crippen molar-refractivity contribution in [3.8, 4) is 0 Å². The van der Waals surface area contributed by atoms with Gasteiger partial charge in [-0.3, -0.25) is 9.59 Å². The molecule has 1 fully saturated rings. The summed E-state index contributed by atoms with van der Waals surface area (Å²) in [5.41, 5.74) is 2.94. The Bertz CT molecular complexity index is 801. The molecule has 1 N–H and O–H groups in total. The summed E-state index contributed by atoms with van der Waals surface area (Å²) in [4.78, 5) is 29.2. The molecule has 0 aliphatic carbocycles. The minimum absolute atomic E-state index is 0.0450. The molecular formula is C20H23N3O3. The van der Waals surface area contributed by atoms with E-state index in [0.29, 0.717) is 31.9 Å². The Morgan fingerprint density at radius 3 is 2.50 bits per heavy atom. The second-order valence-corrected chi connectivity index (χ2v) is 6.79. The van der Waals surface area contributed by atoms with Crippen LogP contribution in [0.2, 0.25) is 0 Å². The van der Waals surface area contributed by atoms with Crippen LogP contribution >= 0.6 is 0 Å². The number of nitrogens with one attached hydrogen (secondary N) is 1. The number of amides is 2. The van der Waals surface area contributed by atoms with Gasteiger partial charge in [0.05, 0.1) is 17.5 Å². The van der Waals surface area contributed by atoms with Crippen molar-refractivity contribution in [3.05, 3.63) is 53.5 Å². The molecule has 26 heavy (non-hydrogen) atoms. The zero-order valence-corrected chi connectivity index (χ0v) is 14.7.